The van der Waals surface area contributed by atoms with E-state index in [1.165, 1.54) is 24.3 Å². The van der Waals surface area contributed by atoms with E-state index in [-0.39, 0.29) is 11.1 Å². The van der Waals surface area contributed by atoms with E-state index in [9.17, 15) is 19.1 Å². The van der Waals surface area contributed by atoms with Crippen molar-refractivity contribution in [1.82, 2.24) is 9.38 Å². The molecule has 27 heavy (non-hydrogen) atoms. The molecule has 0 saturated carbocycles. The highest BCUT2D eigenvalue weighted by atomic mass is 19.1. The summed E-state index contributed by atoms with van der Waals surface area (Å²) in [6.07, 6.45) is 1.81. The van der Waals surface area contributed by atoms with Crippen molar-refractivity contribution in [1.29, 1.82) is 0 Å². The van der Waals surface area contributed by atoms with Crippen molar-refractivity contribution < 1.29 is 19.1 Å². The molecule has 2 heterocycles. The second-order valence-electron chi connectivity index (χ2n) is 5.95. The average molecular weight is 364 g/mol. The molecule has 0 radical (unpaired) electrons. The molecule has 2 aromatic heterocycles. The molecule has 0 saturated heterocycles. The molecule has 1 amide bonds. The van der Waals surface area contributed by atoms with Crippen molar-refractivity contribution in [2.75, 3.05) is 5.32 Å². The fraction of sp³-hybridized carbons (Fsp3) is 0. The molecule has 8 heteroatoms. The minimum atomic E-state index is -1.06. The molecule has 0 unspecified atom stereocenters. The van der Waals surface area contributed by atoms with Crippen LogP contribution in [0.25, 0.3) is 16.6 Å². The fourth-order valence-electron chi connectivity index (χ4n) is 2.94. The number of fused-ring (bicyclic) bond motifs is 3. The molecule has 4 rings (SSSR count). The van der Waals surface area contributed by atoms with Gasteiger partial charge in [0.25, 0.3) is 0 Å². The number of hydrogen-bond acceptors (Lipinski definition) is 4. The Bertz CT molecular complexity index is 1230. The van der Waals surface area contributed by atoms with Crippen LogP contribution in [0.4, 0.5) is 15.9 Å². The van der Waals surface area contributed by atoms with Crippen LogP contribution in [0.3, 0.4) is 0 Å². The van der Waals surface area contributed by atoms with E-state index in [0.717, 1.165) is 11.6 Å². The summed E-state index contributed by atoms with van der Waals surface area (Å²) in [5.41, 5.74) is 7.54. The number of anilines is 2. The Hall–Kier alpha value is -3.94. The van der Waals surface area contributed by atoms with Gasteiger partial charge in [-0.2, -0.15) is 0 Å². The Balaban J connectivity index is 1.89. The molecule has 0 fully saturated rings. The number of hydrogen-bond donors (Lipinski definition) is 3. The largest absolute Gasteiger partial charge is 0.478 e. The van der Waals surface area contributed by atoms with Gasteiger partial charge in [-0.25, -0.2) is 14.2 Å². The van der Waals surface area contributed by atoms with Gasteiger partial charge in [-0.3, -0.25) is 4.79 Å². The predicted molar refractivity (Wildman–Crippen MR) is 97.9 cm³/mol. The van der Waals surface area contributed by atoms with Crippen molar-refractivity contribution in [3.05, 3.63) is 71.7 Å². The Morgan fingerprint density at radius 3 is 2.63 bits per heavy atom. The van der Waals surface area contributed by atoms with Crippen molar-refractivity contribution in [3.8, 4) is 0 Å². The molecule has 0 spiro atoms. The molecule has 7 nitrogen and oxygen atoms in total. The topological polar surface area (TPSA) is 110 Å². The van der Waals surface area contributed by atoms with Crippen LogP contribution in [-0.2, 0) is 0 Å². The number of carbonyl (C=O) groups excluding carboxylic acids is 1. The maximum absolute atomic E-state index is 13.8. The number of carboxylic acids is 1. The first kappa shape index (κ1) is 16.5. The highest BCUT2D eigenvalue weighted by Crippen LogP contribution is 2.26. The number of aromatic carboxylic acids is 1. The number of rotatable bonds is 4. The first-order valence-corrected chi connectivity index (χ1v) is 7.94. The standard InChI is InChI=1S/C19H13FN4O3/c20-12-6-11(17(21)25)7-13(9-12)22-18-16-2-1-5-24(16)15-4-3-10(19(26)27)8-14(15)23-18/h1-9H,(H2,21,25)(H,22,23)(H,26,27). The van der Waals surface area contributed by atoms with Gasteiger partial charge < -0.3 is 20.6 Å². The minimum Gasteiger partial charge on any atom is -0.478 e. The highest BCUT2D eigenvalue weighted by Gasteiger charge is 2.12. The third-order valence-corrected chi connectivity index (χ3v) is 4.15. The number of nitrogens with two attached hydrogens (primary N) is 1. The van der Waals surface area contributed by atoms with Gasteiger partial charge in [-0.05, 0) is 48.5 Å². The van der Waals surface area contributed by atoms with E-state index in [1.807, 2.05) is 22.7 Å². The molecule has 0 aliphatic carbocycles. The maximum Gasteiger partial charge on any atom is 0.335 e. The van der Waals surface area contributed by atoms with Crippen LogP contribution in [0.1, 0.15) is 20.7 Å². The van der Waals surface area contributed by atoms with Crippen LogP contribution >= 0.6 is 0 Å². The molecule has 0 aliphatic heterocycles. The lowest BCUT2D eigenvalue weighted by Crippen LogP contribution is -2.11. The summed E-state index contributed by atoms with van der Waals surface area (Å²) >= 11 is 0. The monoisotopic (exact) mass is 364 g/mol. The number of nitrogens with one attached hydrogen (secondary N) is 1. The zero-order valence-electron chi connectivity index (χ0n) is 13.8. The molecule has 0 aliphatic rings. The van der Waals surface area contributed by atoms with Crippen LogP contribution in [-0.4, -0.2) is 26.4 Å². The molecule has 4 N–H and O–H groups in total. The average Bonchev–Trinajstić information content (AvgIpc) is 3.11. The summed E-state index contributed by atoms with van der Waals surface area (Å²) in [5.74, 6) is -2.04. The normalized spacial score (nSPS) is 11.0. The predicted octanol–water partition coefficient (Wildman–Crippen LogP) is 3.17. The Morgan fingerprint density at radius 2 is 1.89 bits per heavy atom. The molecule has 0 bridgehead atoms. The first-order valence-electron chi connectivity index (χ1n) is 7.94. The minimum absolute atomic E-state index is 0.0258. The second-order valence-corrected chi connectivity index (χ2v) is 5.95. The van der Waals surface area contributed by atoms with Gasteiger partial charge in [-0.1, -0.05) is 0 Å². The van der Waals surface area contributed by atoms with Crippen molar-refractivity contribution in [3.63, 3.8) is 0 Å². The SMILES string of the molecule is NC(=O)c1cc(F)cc(Nc2nc3cc(C(=O)O)ccc3n3cccc23)c1. The van der Waals surface area contributed by atoms with E-state index in [1.54, 1.807) is 6.07 Å². The fourth-order valence-corrected chi connectivity index (χ4v) is 2.94. The molecule has 4 aromatic rings. The quantitative estimate of drug-likeness (QED) is 0.515. The van der Waals surface area contributed by atoms with Gasteiger partial charge in [0.1, 0.15) is 5.82 Å². The van der Waals surface area contributed by atoms with Crippen LogP contribution < -0.4 is 11.1 Å². The van der Waals surface area contributed by atoms with Gasteiger partial charge in [0, 0.05) is 17.4 Å². The number of carbonyl (C=O) groups is 2. The number of amides is 1. The number of halogens is 1. The lowest BCUT2D eigenvalue weighted by atomic mass is 10.1. The summed E-state index contributed by atoms with van der Waals surface area (Å²) in [7, 11) is 0. The molecule has 2 aromatic carbocycles. The number of carboxylic acid groups (broad SMARTS) is 1. The Kier molecular flexibility index (Phi) is 3.73. The lowest BCUT2D eigenvalue weighted by molar-refractivity contribution is 0.0696. The third kappa shape index (κ3) is 2.93. The van der Waals surface area contributed by atoms with E-state index < -0.39 is 17.7 Å². The number of aromatic nitrogens is 2. The Morgan fingerprint density at radius 1 is 1.07 bits per heavy atom. The van der Waals surface area contributed by atoms with Gasteiger partial charge in [0.05, 0.1) is 22.1 Å². The van der Waals surface area contributed by atoms with Crippen molar-refractivity contribution in [2.24, 2.45) is 5.73 Å². The van der Waals surface area contributed by atoms with E-state index in [4.69, 9.17) is 5.73 Å². The molecular formula is C19H13FN4O3. The summed E-state index contributed by atoms with van der Waals surface area (Å²) in [5, 5.41) is 12.2. The van der Waals surface area contributed by atoms with Crippen LogP contribution in [0.5, 0.6) is 0 Å². The van der Waals surface area contributed by atoms with E-state index >= 15 is 0 Å². The van der Waals surface area contributed by atoms with E-state index in [2.05, 4.69) is 10.3 Å². The number of nitrogens with zero attached hydrogens (tertiary/aromatic N) is 2. The van der Waals surface area contributed by atoms with Crippen molar-refractivity contribution >= 4 is 39.9 Å². The Labute approximate surface area is 151 Å². The zero-order valence-corrected chi connectivity index (χ0v) is 13.8. The summed E-state index contributed by atoms with van der Waals surface area (Å²) in [4.78, 5) is 27.1. The molecular weight excluding hydrogens is 351 g/mol. The number of benzene rings is 2. The molecule has 134 valence electrons. The van der Waals surface area contributed by atoms with Gasteiger partial charge in [-0.15, -0.1) is 0 Å². The second kappa shape index (κ2) is 6.10. The van der Waals surface area contributed by atoms with Crippen LogP contribution in [0.2, 0.25) is 0 Å². The third-order valence-electron chi connectivity index (χ3n) is 4.15. The summed E-state index contributed by atoms with van der Waals surface area (Å²) in [6.45, 7) is 0. The van der Waals surface area contributed by atoms with Crippen LogP contribution in [0.15, 0.2) is 54.7 Å². The van der Waals surface area contributed by atoms with Gasteiger partial charge in [0.15, 0.2) is 5.82 Å². The van der Waals surface area contributed by atoms with E-state index in [0.29, 0.717) is 22.5 Å². The summed E-state index contributed by atoms with van der Waals surface area (Å²) < 4.78 is 15.6. The van der Waals surface area contributed by atoms with Gasteiger partial charge in [0.2, 0.25) is 5.91 Å². The number of primary amides is 1. The maximum atomic E-state index is 13.8. The van der Waals surface area contributed by atoms with Crippen molar-refractivity contribution in [2.45, 2.75) is 0 Å². The summed E-state index contributed by atoms with van der Waals surface area (Å²) in [6, 6.07) is 12.0. The smallest absolute Gasteiger partial charge is 0.335 e. The van der Waals surface area contributed by atoms with Gasteiger partial charge >= 0.3 is 5.97 Å². The molecule has 0 atom stereocenters. The first-order chi connectivity index (χ1) is 12.9. The highest BCUT2D eigenvalue weighted by molar-refractivity contribution is 5.95. The van der Waals surface area contributed by atoms with Crippen LogP contribution in [0, 0.1) is 5.82 Å². The lowest BCUT2D eigenvalue weighted by Gasteiger charge is -2.12. The zero-order chi connectivity index (χ0) is 19.1.